The molecule has 0 radical (unpaired) electrons. The standard InChI is InChI=1S/C20H24FNO3/c1-14(2)12-25-18-6-4-5-15(11-18)19(23)22-13-20(3,24)16-7-9-17(21)10-8-16/h4-11,14,24H,12-13H2,1-3H3,(H,22,23)/t20-/m1/s1. The van der Waals surface area contributed by atoms with E-state index in [1.807, 2.05) is 13.8 Å². The number of carbonyl (C=O) groups is 1. The molecule has 0 bridgehead atoms. The van der Waals surface area contributed by atoms with Crippen LogP contribution >= 0.6 is 0 Å². The highest BCUT2D eigenvalue weighted by Gasteiger charge is 2.24. The number of aliphatic hydroxyl groups is 1. The molecule has 0 heterocycles. The fourth-order valence-electron chi connectivity index (χ4n) is 2.26. The van der Waals surface area contributed by atoms with Crippen LogP contribution in [-0.2, 0) is 5.60 Å². The zero-order valence-corrected chi connectivity index (χ0v) is 14.8. The maximum Gasteiger partial charge on any atom is 0.251 e. The zero-order valence-electron chi connectivity index (χ0n) is 14.8. The summed E-state index contributed by atoms with van der Waals surface area (Å²) in [5.41, 5.74) is -0.311. The molecule has 1 amide bonds. The van der Waals surface area contributed by atoms with Gasteiger partial charge in [0.1, 0.15) is 17.2 Å². The second-order valence-corrected chi connectivity index (χ2v) is 6.70. The van der Waals surface area contributed by atoms with E-state index in [0.29, 0.717) is 29.4 Å². The SMILES string of the molecule is CC(C)COc1cccc(C(=O)NC[C@@](C)(O)c2ccc(F)cc2)c1. The third-order valence-electron chi connectivity index (χ3n) is 3.74. The second kappa shape index (κ2) is 8.12. The molecular formula is C20H24FNO3. The van der Waals surface area contributed by atoms with Crippen molar-refractivity contribution in [3.05, 3.63) is 65.5 Å². The van der Waals surface area contributed by atoms with Gasteiger partial charge in [-0.15, -0.1) is 0 Å². The van der Waals surface area contributed by atoms with Crippen LogP contribution in [0.2, 0.25) is 0 Å². The van der Waals surface area contributed by atoms with Gasteiger partial charge in [0.2, 0.25) is 0 Å². The Kier molecular flexibility index (Phi) is 6.15. The topological polar surface area (TPSA) is 58.6 Å². The second-order valence-electron chi connectivity index (χ2n) is 6.70. The molecule has 0 aliphatic rings. The number of halogens is 1. The summed E-state index contributed by atoms with van der Waals surface area (Å²) in [5.74, 6) is 0.342. The van der Waals surface area contributed by atoms with E-state index in [9.17, 15) is 14.3 Å². The van der Waals surface area contributed by atoms with E-state index in [2.05, 4.69) is 5.32 Å². The molecule has 1 atom stereocenters. The lowest BCUT2D eigenvalue weighted by Crippen LogP contribution is -2.38. The third-order valence-corrected chi connectivity index (χ3v) is 3.74. The molecule has 0 saturated heterocycles. The molecule has 0 unspecified atom stereocenters. The summed E-state index contributed by atoms with van der Waals surface area (Å²) in [4.78, 5) is 12.3. The van der Waals surface area contributed by atoms with Gasteiger partial charge in [-0.1, -0.05) is 32.0 Å². The molecule has 4 nitrogen and oxygen atoms in total. The van der Waals surface area contributed by atoms with Gasteiger partial charge in [0, 0.05) is 5.56 Å². The predicted molar refractivity (Wildman–Crippen MR) is 95.1 cm³/mol. The van der Waals surface area contributed by atoms with Gasteiger partial charge >= 0.3 is 0 Å². The van der Waals surface area contributed by atoms with E-state index in [-0.39, 0.29) is 18.3 Å². The molecule has 25 heavy (non-hydrogen) atoms. The Bertz CT molecular complexity index is 711. The minimum atomic E-state index is -1.30. The number of benzene rings is 2. The van der Waals surface area contributed by atoms with Crippen molar-refractivity contribution in [1.29, 1.82) is 0 Å². The quantitative estimate of drug-likeness (QED) is 0.807. The number of ether oxygens (including phenoxy) is 1. The van der Waals surface area contributed by atoms with E-state index < -0.39 is 5.60 Å². The zero-order chi connectivity index (χ0) is 18.4. The highest BCUT2D eigenvalue weighted by molar-refractivity contribution is 5.94. The molecule has 2 rings (SSSR count). The van der Waals surface area contributed by atoms with Crippen molar-refractivity contribution in [3.63, 3.8) is 0 Å². The van der Waals surface area contributed by atoms with E-state index in [1.165, 1.54) is 24.3 Å². The minimum Gasteiger partial charge on any atom is -0.493 e. The van der Waals surface area contributed by atoms with Gasteiger partial charge in [0.25, 0.3) is 5.91 Å². The van der Waals surface area contributed by atoms with E-state index >= 15 is 0 Å². The van der Waals surface area contributed by atoms with Crippen LogP contribution in [0.5, 0.6) is 5.75 Å². The lowest BCUT2D eigenvalue weighted by Gasteiger charge is -2.24. The highest BCUT2D eigenvalue weighted by atomic mass is 19.1. The van der Waals surface area contributed by atoms with Gasteiger partial charge in [-0.05, 0) is 48.7 Å². The first-order valence-electron chi connectivity index (χ1n) is 8.27. The highest BCUT2D eigenvalue weighted by Crippen LogP contribution is 2.20. The van der Waals surface area contributed by atoms with E-state index in [0.717, 1.165) is 0 Å². The third kappa shape index (κ3) is 5.57. The molecule has 0 spiro atoms. The van der Waals surface area contributed by atoms with Crippen LogP contribution in [0.1, 0.15) is 36.7 Å². The van der Waals surface area contributed by atoms with Crippen molar-refractivity contribution in [3.8, 4) is 5.75 Å². The Morgan fingerprint density at radius 3 is 2.56 bits per heavy atom. The van der Waals surface area contributed by atoms with Gasteiger partial charge in [0.15, 0.2) is 0 Å². The molecular weight excluding hydrogens is 321 g/mol. The van der Waals surface area contributed by atoms with Crippen molar-refractivity contribution in [2.24, 2.45) is 5.92 Å². The summed E-state index contributed by atoms with van der Waals surface area (Å²) in [5, 5.41) is 13.2. The molecule has 2 aromatic carbocycles. The van der Waals surface area contributed by atoms with Crippen LogP contribution in [0.4, 0.5) is 4.39 Å². The molecule has 134 valence electrons. The van der Waals surface area contributed by atoms with Crippen molar-refractivity contribution in [1.82, 2.24) is 5.32 Å². The van der Waals surface area contributed by atoms with Crippen molar-refractivity contribution in [2.45, 2.75) is 26.4 Å². The molecule has 0 aliphatic carbocycles. The molecule has 0 saturated carbocycles. The maximum absolute atomic E-state index is 13.0. The van der Waals surface area contributed by atoms with Crippen molar-refractivity contribution in [2.75, 3.05) is 13.2 Å². The first kappa shape index (κ1) is 18.9. The number of carbonyl (C=O) groups excluding carboxylic acids is 1. The Morgan fingerprint density at radius 2 is 1.92 bits per heavy atom. The van der Waals surface area contributed by atoms with Crippen LogP contribution < -0.4 is 10.1 Å². The summed E-state index contributed by atoms with van der Waals surface area (Å²) in [6.07, 6.45) is 0. The average Bonchev–Trinajstić information content (AvgIpc) is 2.58. The Labute approximate surface area is 147 Å². The summed E-state index contributed by atoms with van der Waals surface area (Å²) in [7, 11) is 0. The molecule has 5 heteroatoms. The van der Waals surface area contributed by atoms with Gasteiger partial charge in [-0.3, -0.25) is 4.79 Å². The van der Waals surface area contributed by atoms with Gasteiger partial charge in [0.05, 0.1) is 13.2 Å². The number of hydrogen-bond donors (Lipinski definition) is 2. The lowest BCUT2D eigenvalue weighted by atomic mass is 9.96. The first-order valence-corrected chi connectivity index (χ1v) is 8.27. The minimum absolute atomic E-state index is 0.00848. The molecule has 2 aromatic rings. The van der Waals surface area contributed by atoms with Crippen LogP contribution in [0.3, 0.4) is 0 Å². The lowest BCUT2D eigenvalue weighted by molar-refractivity contribution is 0.0526. The monoisotopic (exact) mass is 345 g/mol. The number of rotatable bonds is 7. The fraction of sp³-hybridized carbons (Fsp3) is 0.350. The molecule has 0 fully saturated rings. The van der Waals surface area contributed by atoms with Crippen LogP contribution in [0.25, 0.3) is 0 Å². The predicted octanol–water partition coefficient (Wildman–Crippen LogP) is 3.50. The summed E-state index contributed by atoms with van der Waals surface area (Å²) < 4.78 is 18.6. The van der Waals surface area contributed by atoms with Crippen molar-refractivity contribution >= 4 is 5.91 Å². The van der Waals surface area contributed by atoms with Crippen molar-refractivity contribution < 1.29 is 19.0 Å². The van der Waals surface area contributed by atoms with Crippen LogP contribution in [-0.4, -0.2) is 24.2 Å². The molecule has 2 N–H and O–H groups in total. The van der Waals surface area contributed by atoms with Crippen LogP contribution in [0.15, 0.2) is 48.5 Å². The normalized spacial score (nSPS) is 13.4. The maximum atomic E-state index is 13.0. The Morgan fingerprint density at radius 1 is 1.24 bits per heavy atom. The van der Waals surface area contributed by atoms with Gasteiger partial charge < -0.3 is 15.2 Å². The number of amides is 1. The fourth-order valence-corrected chi connectivity index (χ4v) is 2.26. The number of hydrogen-bond acceptors (Lipinski definition) is 3. The first-order chi connectivity index (χ1) is 11.8. The van der Waals surface area contributed by atoms with E-state index in [4.69, 9.17) is 4.74 Å². The number of nitrogens with one attached hydrogen (secondary N) is 1. The van der Waals surface area contributed by atoms with Gasteiger partial charge in [-0.2, -0.15) is 0 Å². The summed E-state index contributed by atoms with van der Waals surface area (Å²) in [6.45, 7) is 6.25. The Hall–Kier alpha value is -2.40. The molecule has 0 aliphatic heterocycles. The smallest absolute Gasteiger partial charge is 0.251 e. The van der Waals surface area contributed by atoms with Crippen LogP contribution in [0, 0.1) is 11.7 Å². The largest absolute Gasteiger partial charge is 0.493 e. The Balaban J connectivity index is 1.99. The summed E-state index contributed by atoms with van der Waals surface area (Å²) >= 11 is 0. The van der Waals surface area contributed by atoms with Gasteiger partial charge in [-0.25, -0.2) is 4.39 Å². The van der Waals surface area contributed by atoms with E-state index in [1.54, 1.807) is 31.2 Å². The average molecular weight is 345 g/mol. The summed E-state index contributed by atoms with van der Waals surface area (Å²) in [6, 6.07) is 12.5. The molecule has 0 aromatic heterocycles.